The Kier molecular flexibility index (Phi) is 4.69. The molecule has 2 aromatic heterocycles. The van der Waals surface area contributed by atoms with Gasteiger partial charge in [-0.1, -0.05) is 13.3 Å². The number of carbonyl (C=O) groups is 1. The molecule has 7 nitrogen and oxygen atoms in total. The zero-order chi connectivity index (χ0) is 15.4. The van der Waals surface area contributed by atoms with Crippen LogP contribution >= 0.6 is 11.8 Å². The zero-order valence-corrected chi connectivity index (χ0v) is 12.4. The Labute approximate surface area is 124 Å². The van der Waals surface area contributed by atoms with Gasteiger partial charge in [0.25, 0.3) is 5.56 Å². The fourth-order valence-corrected chi connectivity index (χ4v) is 2.48. The lowest BCUT2D eigenvalue weighted by molar-refractivity contribution is 0.0695. The molecule has 0 saturated carbocycles. The predicted molar refractivity (Wildman–Crippen MR) is 76.7 cm³/mol. The predicted octanol–water partition coefficient (Wildman–Crippen LogP) is 1.67. The van der Waals surface area contributed by atoms with Crippen LogP contribution in [0.2, 0.25) is 0 Å². The van der Waals surface area contributed by atoms with Gasteiger partial charge in [-0.25, -0.2) is 19.7 Å². The lowest BCUT2D eigenvalue weighted by Gasteiger charge is -2.04. The minimum absolute atomic E-state index is 0.0561. The van der Waals surface area contributed by atoms with E-state index in [0.717, 1.165) is 24.6 Å². The molecular formula is C13H14N4O3S. The number of H-pyrrole nitrogens is 1. The maximum atomic E-state index is 11.6. The molecule has 0 amide bonds. The zero-order valence-electron chi connectivity index (χ0n) is 11.6. The Morgan fingerprint density at radius 1 is 1.43 bits per heavy atom. The van der Waals surface area contributed by atoms with Crippen molar-refractivity contribution in [2.24, 2.45) is 0 Å². The SMILES string of the molecule is CCCc1cc(=O)[nH]c(Sc2ncc(C(=O)O)c(C)n2)n1. The molecule has 2 heterocycles. The second kappa shape index (κ2) is 6.49. The number of nitrogens with zero attached hydrogens (tertiary/aromatic N) is 3. The van der Waals surface area contributed by atoms with Crippen LogP contribution < -0.4 is 5.56 Å². The van der Waals surface area contributed by atoms with E-state index in [1.54, 1.807) is 6.92 Å². The maximum absolute atomic E-state index is 11.6. The van der Waals surface area contributed by atoms with E-state index in [4.69, 9.17) is 5.11 Å². The van der Waals surface area contributed by atoms with Crippen molar-refractivity contribution in [3.63, 3.8) is 0 Å². The van der Waals surface area contributed by atoms with Gasteiger partial charge in [0.2, 0.25) is 0 Å². The fraction of sp³-hybridized carbons (Fsp3) is 0.308. The maximum Gasteiger partial charge on any atom is 0.339 e. The van der Waals surface area contributed by atoms with Crippen molar-refractivity contribution in [2.75, 3.05) is 0 Å². The Hall–Kier alpha value is -2.22. The van der Waals surface area contributed by atoms with Crippen LogP contribution in [0.5, 0.6) is 0 Å². The van der Waals surface area contributed by atoms with E-state index in [0.29, 0.717) is 21.7 Å². The normalized spacial score (nSPS) is 10.6. The highest BCUT2D eigenvalue weighted by molar-refractivity contribution is 7.99. The van der Waals surface area contributed by atoms with E-state index >= 15 is 0 Å². The number of hydrogen-bond donors (Lipinski definition) is 2. The van der Waals surface area contributed by atoms with E-state index in [1.165, 1.54) is 12.3 Å². The lowest BCUT2D eigenvalue weighted by Crippen LogP contribution is -2.10. The molecular weight excluding hydrogens is 292 g/mol. The van der Waals surface area contributed by atoms with E-state index in [2.05, 4.69) is 19.9 Å². The van der Waals surface area contributed by atoms with Gasteiger partial charge < -0.3 is 10.1 Å². The number of carboxylic acids is 1. The Bertz CT molecular complexity index is 730. The second-order valence-corrected chi connectivity index (χ2v) is 5.31. The topological polar surface area (TPSA) is 109 Å². The molecule has 0 aromatic carbocycles. The molecule has 0 aliphatic heterocycles. The van der Waals surface area contributed by atoms with Crippen molar-refractivity contribution in [1.82, 2.24) is 19.9 Å². The minimum atomic E-state index is -1.07. The van der Waals surface area contributed by atoms with Crippen LogP contribution in [0.1, 0.15) is 35.1 Å². The fourth-order valence-electron chi connectivity index (χ4n) is 1.71. The summed E-state index contributed by atoms with van der Waals surface area (Å²) in [6.45, 7) is 3.60. The van der Waals surface area contributed by atoms with Crippen LogP contribution in [0, 0.1) is 6.92 Å². The number of hydrogen-bond acceptors (Lipinski definition) is 6. The minimum Gasteiger partial charge on any atom is -0.478 e. The molecule has 2 N–H and O–H groups in total. The molecule has 21 heavy (non-hydrogen) atoms. The number of aryl methyl sites for hydroxylation is 2. The number of aromatic amines is 1. The average molecular weight is 306 g/mol. The molecule has 8 heteroatoms. The quantitative estimate of drug-likeness (QED) is 0.809. The first-order chi connectivity index (χ1) is 9.99. The summed E-state index contributed by atoms with van der Waals surface area (Å²) in [6, 6.07) is 1.47. The van der Waals surface area contributed by atoms with Gasteiger partial charge >= 0.3 is 5.97 Å². The molecule has 0 radical (unpaired) electrons. The highest BCUT2D eigenvalue weighted by Gasteiger charge is 2.12. The number of rotatable bonds is 5. The van der Waals surface area contributed by atoms with Crippen LogP contribution in [-0.2, 0) is 6.42 Å². The third-order valence-corrected chi connectivity index (χ3v) is 3.42. The van der Waals surface area contributed by atoms with E-state index < -0.39 is 5.97 Å². The van der Waals surface area contributed by atoms with Gasteiger partial charge in [-0.3, -0.25) is 4.79 Å². The first-order valence-electron chi connectivity index (χ1n) is 6.34. The summed E-state index contributed by atoms with van der Waals surface area (Å²) in [7, 11) is 0. The van der Waals surface area contributed by atoms with Crippen molar-refractivity contribution in [3.05, 3.63) is 39.6 Å². The monoisotopic (exact) mass is 306 g/mol. The summed E-state index contributed by atoms with van der Waals surface area (Å²) in [6.07, 6.45) is 2.86. The number of carboxylic acid groups (broad SMARTS) is 1. The summed E-state index contributed by atoms with van der Waals surface area (Å²) >= 11 is 1.09. The Morgan fingerprint density at radius 3 is 2.81 bits per heavy atom. The Morgan fingerprint density at radius 2 is 2.19 bits per heavy atom. The van der Waals surface area contributed by atoms with Crippen molar-refractivity contribution in [2.45, 2.75) is 37.0 Å². The molecule has 0 fully saturated rings. The van der Waals surface area contributed by atoms with Crippen LogP contribution in [-0.4, -0.2) is 31.0 Å². The molecule has 0 bridgehead atoms. The number of nitrogens with one attached hydrogen (secondary N) is 1. The van der Waals surface area contributed by atoms with Gasteiger partial charge in [0.05, 0.1) is 11.3 Å². The summed E-state index contributed by atoms with van der Waals surface area (Å²) in [5.74, 6) is -1.07. The molecule has 0 saturated heterocycles. The first-order valence-corrected chi connectivity index (χ1v) is 7.16. The van der Waals surface area contributed by atoms with E-state index in [-0.39, 0.29) is 11.1 Å². The molecule has 0 aliphatic carbocycles. The smallest absolute Gasteiger partial charge is 0.339 e. The number of aromatic nitrogens is 4. The highest BCUT2D eigenvalue weighted by Crippen LogP contribution is 2.21. The largest absolute Gasteiger partial charge is 0.478 e. The van der Waals surface area contributed by atoms with Crippen LogP contribution in [0.4, 0.5) is 0 Å². The summed E-state index contributed by atoms with van der Waals surface area (Å²) in [4.78, 5) is 37.5. The van der Waals surface area contributed by atoms with Crippen molar-refractivity contribution >= 4 is 17.7 Å². The first kappa shape index (κ1) is 15.2. The van der Waals surface area contributed by atoms with Gasteiger partial charge in [0, 0.05) is 18.0 Å². The molecule has 2 rings (SSSR count). The van der Waals surface area contributed by atoms with Crippen LogP contribution in [0.3, 0.4) is 0 Å². The van der Waals surface area contributed by atoms with Crippen molar-refractivity contribution in [3.8, 4) is 0 Å². The van der Waals surface area contributed by atoms with Gasteiger partial charge in [-0.15, -0.1) is 0 Å². The standard InChI is InChI=1S/C13H14N4O3S/c1-3-4-8-5-10(18)17-13(16-8)21-12-14-6-9(11(19)20)7(2)15-12/h5-6H,3-4H2,1-2H3,(H,19,20)(H,16,17,18). The third kappa shape index (κ3) is 3.88. The Balaban J connectivity index is 2.28. The van der Waals surface area contributed by atoms with Gasteiger partial charge in [0.1, 0.15) is 0 Å². The summed E-state index contributed by atoms with van der Waals surface area (Å²) < 4.78 is 0. The molecule has 2 aromatic rings. The molecule has 110 valence electrons. The van der Waals surface area contributed by atoms with Gasteiger partial charge in [-0.2, -0.15) is 0 Å². The third-order valence-electron chi connectivity index (χ3n) is 2.65. The summed E-state index contributed by atoms with van der Waals surface area (Å²) in [5, 5.41) is 9.67. The lowest BCUT2D eigenvalue weighted by atomic mass is 10.2. The molecule has 0 spiro atoms. The van der Waals surface area contributed by atoms with Gasteiger partial charge in [0.15, 0.2) is 10.3 Å². The van der Waals surface area contributed by atoms with Crippen molar-refractivity contribution in [1.29, 1.82) is 0 Å². The van der Waals surface area contributed by atoms with Gasteiger partial charge in [-0.05, 0) is 25.1 Å². The van der Waals surface area contributed by atoms with E-state index in [1.807, 2.05) is 6.92 Å². The van der Waals surface area contributed by atoms with Crippen LogP contribution in [0.15, 0.2) is 27.4 Å². The molecule has 0 unspecified atom stereocenters. The number of aromatic carboxylic acids is 1. The summed E-state index contributed by atoms with van der Waals surface area (Å²) in [5.41, 5.74) is 0.907. The second-order valence-electron chi connectivity index (χ2n) is 4.35. The highest BCUT2D eigenvalue weighted by atomic mass is 32.2. The molecule has 0 atom stereocenters. The van der Waals surface area contributed by atoms with Crippen LogP contribution in [0.25, 0.3) is 0 Å². The van der Waals surface area contributed by atoms with Crippen molar-refractivity contribution < 1.29 is 9.90 Å². The van der Waals surface area contributed by atoms with E-state index in [9.17, 15) is 9.59 Å². The molecule has 0 aliphatic rings. The average Bonchev–Trinajstić information content (AvgIpc) is 2.37.